The predicted octanol–water partition coefficient (Wildman–Crippen LogP) is 2.73. The zero-order valence-electron chi connectivity index (χ0n) is 14.3. The Labute approximate surface area is 142 Å². The van der Waals surface area contributed by atoms with Gasteiger partial charge in [0.05, 0.1) is 19.2 Å². The van der Waals surface area contributed by atoms with Gasteiger partial charge < -0.3 is 14.4 Å². The molecule has 0 bridgehead atoms. The van der Waals surface area contributed by atoms with E-state index in [4.69, 9.17) is 9.26 Å². The molecule has 0 radical (unpaired) electrons. The monoisotopic (exact) mass is 331 g/mol. The zero-order valence-corrected chi connectivity index (χ0v) is 14.3. The van der Waals surface area contributed by atoms with E-state index in [9.17, 15) is 5.11 Å². The van der Waals surface area contributed by atoms with Gasteiger partial charge in [0.15, 0.2) is 0 Å². The number of benzene rings is 1. The number of aliphatic hydroxyl groups is 1. The minimum Gasteiger partial charge on any atom is -0.496 e. The van der Waals surface area contributed by atoms with E-state index in [0.29, 0.717) is 36.8 Å². The summed E-state index contributed by atoms with van der Waals surface area (Å²) >= 11 is 0. The smallest absolute Gasteiger partial charge is 0.241 e. The minimum atomic E-state index is 0.308. The molecule has 1 aromatic heterocycles. The van der Waals surface area contributed by atoms with Crippen molar-refractivity contribution in [2.24, 2.45) is 5.92 Å². The zero-order chi connectivity index (χ0) is 16.9. The average molecular weight is 331 g/mol. The van der Waals surface area contributed by atoms with Crippen LogP contribution < -0.4 is 4.74 Å². The third-order valence-corrected chi connectivity index (χ3v) is 4.90. The third kappa shape index (κ3) is 3.76. The summed E-state index contributed by atoms with van der Waals surface area (Å²) in [5, 5.41) is 13.3. The number of aromatic nitrogens is 2. The van der Waals surface area contributed by atoms with Crippen LogP contribution in [0, 0.1) is 5.92 Å². The summed E-state index contributed by atoms with van der Waals surface area (Å²) in [5.74, 6) is 2.37. The highest BCUT2D eigenvalue weighted by molar-refractivity contribution is 5.63. The molecule has 0 amide bonds. The number of nitrogens with zero attached hydrogens (tertiary/aromatic N) is 3. The second-order valence-electron chi connectivity index (χ2n) is 6.48. The van der Waals surface area contributed by atoms with Crippen molar-refractivity contribution in [3.63, 3.8) is 0 Å². The fourth-order valence-corrected chi connectivity index (χ4v) is 3.37. The summed E-state index contributed by atoms with van der Waals surface area (Å²) in [6, 6.07) is 8.17. The first-order chi connectivity index (χ1) is 11.7. The van der Waals surface area contributed by atoms with Gasteiger partial charge in [0.1, 0.15) is 5.75 Å². The van der Waals surface area contributed by atoms with E-state index in [2.05, 4.69) is 22.1 Å². The van der Waals surface area contributed by atoms with E-state index >= 15 is 0 Å². The molecule has 2 aromatic rings. The number of aliphatic hydroxyl groups excluding tert-OH is 1. The van der Waals surface area contributed by atoms with Crippen LogP contribution in [0.15, 0.2) is 28.8 Å². The molecule has 24 heavy (non-hydrogen) atoms. The lowest BCUT2D eigenvalue weighted by Crippen LogP contribution is -2.35. The molecular weight excluding hydrogens is 306 g/mol. The second-order valence-corrected chi connectivity index (χ2v) is 6.48. The fraction of sp³-hybridized carbons (Fsp3) is 0.556. The van der Waals surface area contributed by atoms with Gasteiger partial charge in [0, 0.05) is 12.6 Å². The molecular formula is C18H25N3O3. The molecule has 1 aliphatic carbocycles. The van der Waals surface area contributed by atoms with Crippen LogP contribution >= 0.6 is 0 Å². The Hall–Kier alpha value is -1.92. The summed E-state index contributed by atoms with van der Waals surface area (Å²) in [7, 11) is 3.73. The topological polar surface area (TPSA) is 71.6 Å². The van der Waals surface area contributed by atoms with Crippen LogP contribution in [0.1, 0.15) is 31.6 Å². The summed E-state index contributed by atoms with van der Waals surface area (Å²) in [6.45, 7) is 0.943. The molecule has 0 atom stereocenters. The van der Waals surface area contributed by atoms with Gasteiger partial charge in [0.2, 0.25) is 11.7 Å². The average Bonchev–Trinajstić information content (AvgIpc) is 3.10. The van der Waals surface area contributed by atoms with Crippen molar-refractivity contribution in [1.82, 2.24) is 15.0 Å². The van der Waals surface area contributed by atoms with Crippen molar-refractivity contribution in [3.8, 4) is 17.1 Å². The fourth-order valence-electron chi connectivity index (χ4n) is 3.37. The van der Waals surface area contributed by atoms with Gasteiger partial charge in [-0.05, 0) is 50.8 Å². The first-order valence-electron chi connectivity index (χ1n) is 8.48. The summed E-state index contributed by atoms with van der Waals surface area (Å²) < 4.78 is 10.8. The molecule has 3 rings (SSSR count). The van der Waals surface area contributed by atoms with Crippen molar-refractivity contribution >= 4 is 0 Å². The van der Waals surface area contributed by atoms with Crippen molar-refractivity contribution < 1.29 is 14.4 Å². The van der Waals surface area contributed by atoms with Crippen LogP contribution in [0.2, 0.25) is 0 Å². The number of rotatable bonds is 6. The predicted molar refractivity (Wildman–Crippen MR) is 90.6 cm³/mol. The maximum Gasteiger partial charge on any atom is 0.241 e. The van der Waals surface area contributed by atoms with E-state index in [-0.39, 0.29) is 0 Å². The summed E-state index contributed by atoms with van der Waals surface area (Å²) in [5.41, 5.74) is 0.834. The van der Waals surface area contributed by atoms with Crippen molar-refractivity contribution in [2.75, 3.05) is 20.8 Å². The molecule has 1 aromatic carbocycles. The standard InChI is InChI=1S/C18H25N3O3/c1-21(14-9-7-13(12-22)8-10-14)11-17-19-18(20-24-17)15-5-3-4-6-16(15)23-2/h3-6,13-14,22H,7-12H2,1-2H3. The minimum absolute atomic E-state index is 0.308. The Morgan fingerprint density at radius 2 is 2.00 bits per heavy atom. The SMILES string of the molecule is COc1ccccc1-c1noc(CN(C)C2CCC(CO)CC2)n1. The molecule has 130 valence electrons. The molecule has 1 fully saturated rings. The number of hydrogen-bond donors (Lipinski definition) is 1. The molecule has 0 spiro atoms. The van der Waals surface area contributed by atoms with Gasteiger partial charge in [-0.15, -0.1) is 0 Å². The Kier molecular flexibility index (Phi) is 5.48. The Bertz CT molecular complexity index is 650. The van der Waals surface area contributed by atoms with Gasteiger partial charge in [-0.3, -0.25) is 4.90 Å². The molecule has 6 nitrogen and oxygen atoms in total. The van der Waals surface area contributed by atoms with Gasteiger partial charge in [-0.1, -0.05) is 17.3 Å². The number of para-hydroxylation sites is 1. The highest BCUT2D eigenvalue weighted by atomic mass is 16.5. The second kappa shape index (κ2) is 7.77. The van der Waals surface area contributed by atoms with Crippen LogP contribution in [0.5, 0.6) is 5.75 Å². The highest BCUT2D eigenvalue weighted by Gasteiger charge is 2.24. The first kappa shape index (κ1) is 16.9. The highest BCUT2D eigenvalue weighted by Crippen LogP contribution is 2.29. The van der Waals surface area contributed by atoms with Crippen LogP contribution in [0.25, 0.3) is 11.4 Å². The molecule has 1 N–H and O–H groups in total. The number of hydrogen-bond acceptors (Lipinski definition) is 6. The van der Waals surface area contributed by atoms with Crippen LogP contribution in [0.4, 0.5) is 0 Å². The van der Waals surface area contributed by atoms with Gasteiger partial charge >= 0.3 is 0 Å². The van der Waals surface area contributed by atoms with Crippen molar-refractivity contribution in [3.05, 3.63) is 30.2 Å². The molecule has 1 saturated carbocycles. The Morgan fingerprint density at radius 1 is 1.25 bits per heavy atom. The van der Waals surface area contributed by atoms with Crippen LogP contribution in [-0.4, -0.2) is 47.0 Å². The summed E-state index contributed by atoms with van der Waals surface area (Å²) in [6.07, 6.45) is 4.38. The maximum atomic E-state index is 9.25. The molecule has 0 unspecified atom stereocenters. The third-order valence-electron chi connectivity index (χ3n) is 4.90. The molecule has 1 aliphatic rings. The molecule has 0 saturated heterocycles. The molecule has 1 heterocycles. The van der Waals surface area contributed by atoms with Crippen molar-refractivity contribution in [1.29, 1.82) is 0 Å². The van der Waals surface area contributed by atoms with E-state index in [1.807, 2.05) is 24.3 Å². The van der Waals surface area contributed by atoms with E-state index < -0.39 is 0 Å². The Balaban J connectivity index is 1.64. The normalized spacial score (nSPS) is 21.2. The van der Waals surface area contributed by atoms with Crippen LogP contribution in [0.3, 0.4) is 0 Å². The quantitative estimate of drug-likeness (QED) is 0.877. The molecule has 0 aliphatic heterocycles. The van der Waals surface area contributed by atoms with Crippen LogP contribution in [-0.2, 0) is 6.54 Å². The van der Waals surface area contributed by atoms with E-state index in [1.54, 1.807) is 7.11 Å². The van der Waals surface area contributed by atoms with Gasteiger partial charge in [0.25, 0.3) is 0 Å². The largest absolute Gasteiger partial charge is 0.496 e. The lowest BCUT2D eigenvalue weighted by Gasteiger charge is -2.33. The van der Waals surface area contributed by atoms with E-state index in [0.717, 1.165) is 37.0 Å². The Morgan fingerprint density at radius 3 is 2.71 bits per heavy atom. The summed E-state index contributed by atoms with van der Waals surface area (Å²) in [4.78, 5) is 6.79. The first-order valence-corrected chi connectivity index (χ1v) is 8.48. The number of ether oxygens (including phenoxy) is 1. The lowest BCUT2D eigenvalue weighted by atomic mass is 9.86. The van der Waals surface area contributed by atoms with Gasteiger partial charge in [-0.25, -0.2) is 0 Å². The maximum absolute atomic E-state index is 9.25. The molecule has 6 heteroatoms. The number of methoxy groups -OCH3 is 1. The van der Waals surface area contributed by atoms with Gasteiger partial charge in [-0.2, -0.15) is 4.98 Å². The van der Waals surface area contributed by atoms with E-state index in [1.165, 1.54) is 0 Å². The van der Waals surface area contributed by atoms with Crippen molar-refractivity contribution in [2.45, 2.75) is 38.3 Å². The lowest BCUT2D eigenvalue weighted by molar-refractivity contribution is 0.116.